The Kier molecular flexibility index (Phi) is 5.59. The van der Waals surface area contributed by atoms with Gasteiger partial charge in [0.2, 0.25) is 0 Å². The zero-order chi connectivity index (χ0) is 18.0. The first-order valence-electron chi connectivity index (χ1n) is 9.27. The molecule has 1 N–H and O–H groups in total. The number of rotatable bonds is 4. The number of amides is 1. The summed E-state index contributed by atoms with van der Waals surface area (Å²) >= 11 is 0. The SMILES string of the molecule is Cc1cc(C(=O)NC2CCN(C[C@H]3CCCO3)CC2)c(=O)n(C)c1C. The molecule has 2 fully saturated rings. The van der Waals surface area contributed by atoms with E-state index in [1.807, 2.05) is 13.8 Å². The van der Waals surface area contributed by atoms with Crippen LogP contribution in [0, 0.1) is 13.8 Å². The zero-order valence-electron chi connectivity index (χ0n) is 15.5. The number of likely N-dealkylation sites (tertiary alicyclic amines) is 1. The third-order valence-electron chi connectivity index (χ3n) is 5.62. The molecule has 0 aromatic carbocycles. The molecule has 2 aliphatic heterocycles. The van der Waals surface area contributed by atoms with E-state index in [2.05, 4.69) is 10.2 Å². The summed E-state index contributed by atoms with van der Waals surface area (Å²) in [7, 11) is 1.71. The van der Waals surface area contributed by atoms with Gasteiger partial charge in [-0.15, -0.1) is 0 Å². The maximum absolute atomic E-state index is 12.6. The van der Waals surface area contributed by atoms with E-state index in [1.54, 1.807) is 17.7 Å². The molecule has 6 nitrogen and oxygen atoms in total. The van der Waals surface area contributed by atoms with E-state index in [9.17, 15) is 9.59 Å². The number of ether oxygens (including phenoxy) is 1. The van der Waals surface area contributed by atoms with Gasteiger partial charge in [-0.1, -0.05) is 0 Å². The summed E-state index contributed by atoms with van der Waals surface area (Å²) in [5.74, 6) is -0.249. The number of hydrogen-bond donors (Lipinski definition) is 1. The van der Waals surface area contributed by atoms with Crippen LogP contribution in [0.25, 0.3) is 0 Å². The number of aromatic nitrogens is 1. The first-order valence-corrected chi connectivity index (χ1v) is 9.27. The third kappa shape index (κ3) is 4.12. The fourth-order valence-corrected chi connectivity index (χ4v) is 3.74. The molecule has 138 valence electrons. The lowest BCUT2D eigenvalue weighted by molar-refractivity contribution is 0.0612. The molecule has 3 heterocycles. The second-order valence-corrected chi connectivity index (χ2v) is 7.37. The second kappa shape index (κ2) is 7.70. The molecular weight excluding hydrogens is 318 g/mol. The number of aryl methyl sites for hydroxylation is 1. The molecule has 0 radical (unpaired) electrons. The Morgan fingerprint density at radius 3 is 2.64 bits per heavy atom. The van der Waals surface area contributed by atoms with Crippen LogP contribution in [0.2, 0.25) is 0 Å². The van der Waals surface area contributed by atoms with E-state index in [-0.39, 0.29) is 23.1 Å². The molecule has 1 atom stereocenters. The van der Waals surface area contributed by atoms with Gasteiger partial charge in [-0.2, -0.15) is 0 Å². The van der Waals surface area contributed by atoms with Gasteiger partial charge < -0.3 is 19.5 Å². The lowest BCUT2D eigenvalue weighted by atomic mass is 10.0. The molecular formula is C19H29N3O3. The third-order valence-corrected chi connectivity index (χ3v) is 5.62. The Hall–Kier alpha value is -1.66. The summed E-state index contributed by atoms with van der Waals surface area (Å²) in [5, 5.41) is 3.05. The predicted molar refractivity (Wildman–Crippen MR) is 97.1 cm³/mol. The zero-order valence-corrected chi connectivity index (χ0v) is 15.5. The summed E-state index contributed by atoms with van der Waals surface area (Å²) in [6.45, 7) is 7.64. The lowest BCUT2D eigenvalue weighted by Gasteiger charge is -2.33. The summed E-state index contributed by atoms with van der Waals surface area (Å²) in [6, 6.07) is 1.85. The normalized spacial score (nSPS) is 22.3. The number of carbonyl (C=O) groups is 1. The van der Waals surface area contributed by atoms with E-state index in [1.165, 1.54) is 6.42 Å². The molecule has 0 bridgehead atoms. The topological polar surface area (TPSA) is 63.6 Å². The van der Waals surface area contributed by atoms with Gasteiger partial charge in [-0.25, -0.2) is 0 Å². The molecule has 0 spiro atoms. The number of pyridine rings is 1. The van der Waals surface area contributed by atoms with Crippen molar-refractivity contribution in [1.82, 2.24) is 14.8 Å². The van der Waals surface area contributed by atoms with Crippen LogP contribution in [0.15, 0.2) is 10.9 Å². The largest absolute Gasteiger partial charge is 0.377 e. The van der Waals surface area contributed by atoms with Crippen molar-refractivity contribution in [3.8, 4) is 0 Å². The lowest BCUT2D eigenvalue weighted by Crippen LogP contribution is -2.47. The Morgan fingerprint density at radius 1 is 1.28 bits per heavy atom. The highest BCUT2D eigenvalue weighted by atomic mass is 16.5. The molecule has 0 aliphatic carbocycles. The van der Waals surface area contributed by atoms with Gasteiger partial charge in [0.25, 0.3) is 11.5 Å². The van der Waals surface area contributed by atoms with E-state index >= 15 is 0 Å². The first-order chi connectivity index (χ1) is 12.0. The monoisotopic (exact) mass is 347 g/mol. The summed E-state index contributed by atoms with van der Waals surface area (Å²) in [5.41, 5.74) is 1.87. The minimum atomic E-state index is -0.249. The van der Waals surface area contributed by atoms with Crippen LogP contribution in [-0.2, 0) is 11.8 Å². The van der Waals surface area contributed by atoms with Crippen LogP contribution in [0.5, 0.6) is 0 Å². The smallest absolute Gasteiger partial charge is 0.263 e. The molecule has 1 aromatic rings. The van der Waals surface area contributed by atoms with Crippen molar-refractivity contribution in [3.63, 3.8) is 0 Å². The minimum Gasteiger partial charge on any atom is -0.377 e. The Balaban J connectivity index is 1.55. The number of nitrogens with zero attached hydrogens (tertiary/aromatic N) is 2. The maximum Gasteiger partial charge on any atom is 0.263 e. The number of piperidine rings is 1. The molecule has 6 heteroatoms. The van der Waals surface area contributed by atoms with Gasteiger partial charge in [0.15, 0.2) is 0 Å². The van der Waals surface area contributed by atoms with E-state index in [0.717, 1.165) is 56.8 Å². The van der Waals surface area contributed by atoms with Crippen LogP contribution in [-0.4, -0.2) is 53.8 Å². The van der Waals surface area contributed by atoms with Crippen LogP contribution in [0.1, 0.15) is 47.3 Å². The predicted octanol–water partition coefficient (Wildman–Crippen LogP) is 1.38. The van der Waals surface area contributed by atoms with Crippen molar-refractivity contribution in [3.05, 3.63) is 33.2 Å². The Labute approximate surface area is 149 Å². The van der Waals surface area contributed by atoms with Gasteiger partial charge in [0.1, 0.15) is 5.56 Å². The molecule has 1 amide bonds. The highest BCUT2D eigenvalue weighted by Gasteiger charge is 2.25. The van der Waals surface area contributed by atoms with Crippen molar-refractivity contribution < 1.29 is 9.53 Å². The van der Waals surface area contributed by atoms with Gasteiger partial charge in [-0.3, -0.25) is 9.59 Å². The molecule has 2 saturated heterocycles. The summed E-state index contributed by atoms with van der Waals surface area (Å²) in [6.07, 6.45) is 4.55. The van der Waals surface area contributed by atoms with Gasteiger partial charge in [0, 0.05) is 45.0 Å². The van der Waals surface area contributed by atoms with Crippen molar-refractivity contribution >= 4 is 5.91 Å². The van der Waals surface area contributed by atoms with Crippen LogP contribution < -0.4 is 10.9 Å². The Morgan fingerprint density at radius 2 is 2.00 bits per heavy atom. The minimum absolute atomic E-state index is 0.138. The van der Waals surface area contributed by atoms with Crippen molar-refractivity contribution in [2.45, 2.75) is 51.7 Å². The van der Waals surface area contributed by atoms with Gasteiger partial charge in [-0.05, 0) is 51.2 Å². The fourth-order valence-electron chi connectivity index (χ4n) is 3.74. The first kappa shape index (κ1) is 18.1. The van der Waals surface area contributed by atoms with Crippen molar-refractivity contribution in [2.75, 3.05) is 26.2 Å². The van der Waals surface area contributed by atoms with E-state index < -0.39 is 0 Å². The highest BCUT2D eigenvalue weighted by molar-refractivity contribution is 5.94. The fraction of sp³-hybridized carbons (Fsp3) is 0.684. The standard InChI is InChI=1S/C19H29N3O3/c1-13-11-17(19(24)21(3)14(13)2)18(23)20-15-6-8-22(9-7-15)12-16-5-4-10-25-16/h11,15-16H,4-10,12H2,1-3H3,(H,20,23)/t16-/m1/s1. The Bertz CT molecular complexity index is 684. The van der Waals surface area contributed by atoms with Crippen molar-refractivity contribution in [1.29, 1.82) is 0 Å². The average molecular weight is 347 g/mol. The maximum atomic E-state index is 12.6. The quantitative estimate of drug-likeness (QED) is 0.894. The highest BCUT2D eigenvalue weighted by Crippen LogP contribution is 2.17. The number of carbonyl (C=O) groups excluding carboxylic acids is 1. The van der Waals surface area contributed by atoms with Crippen LogP contribution in [0.4, 0.5) is 0 Å². The van der Waals surface area contributed by atoms with Gasteiger partial charge >= 0.3 is 0 Å². The van der Waals surface area contributed by atoms with E-state index in [4.69, 9.17) is 4.74 Å². The number of hydrogen-bond acceptors (Lipinski definition) is 4. The van der Waals surface area contributed by atoms with Crippen molar-refractivity contribution in [2.24, 2.45) is 7.05 Å². The summed E-state index contributed by atoms with van der Waals surface area (Å²) in [4.78, 5) is 27.3. The van der Waals surface area contributed by atoms with Gasteiger partial charge in [0.05, 0.1) is 6.10 Å². The number of nitrogens with one attached hydrogen (secondary N) is 1. The molecule has 3 rings (SSSR count). The molecule has 2 aliphatic rings. The summed E-state index contributed by atoms with van der Waals surface area (Å²) < 4.78 is 7.25. The molecule has 0 unspecified atom stereocenters. The van der Waals surface area contributed by atoms with Crippen LogP contribution >= 0.6 is 0 Å². The second-order valence-electron chi connectivity index (χ2n) is 7.37. The van der Waals surface area contributed by atoms with Crippen LogP contribution in [0.3, 0.4) is 0 Å². The average Bonchev–Trinajstić information content (AvgIpc) is 3.11. The molecule has 25 heavy (non-hydrogen) atoms. The molecule has 0 saturated carbocycles. The van der Waals surface area contributed by atoms with E-state index in [0.29, 0.717) is 6.10 Å². The molecule has 1 aromatic heterocycles.